The smallest absolute Gasteiger partial charge is 0.123 e. The zero-order valence-electron chi connectivity index (χ0n) is 15.6. The molecule has 0 bridgehead atoms. The summed E-state index contributed by atoms with van der Waals surface area (Å²) in [6, 6.07) is 8.35. The van der Waals surface area contributed by atoms with Gasteiger partial charge in [0.15, 0.2) is 0 Å². The van der Waals surface area contributed by atoms with Crippen molar-refractivity contribution >= 4 is 11.3 Å². The first-order chi connectivity index (χ1) is 12.0. The van der Waals surface area contributed by atoms with Crippen LogP contribution in [0.15, 0.2) is 29.6 Å². The zero-order valence-corrected chi connectivity index (χ0v) is 16.4. The van der Waals surface area contributed by atoms with Crippen molar-refractivity contribution in [2.45, 2.75) is 38.7 Å². The highest BCUT2D eigenvalue weighted by atomic mass is 32.1. The molecular weight excluding hydrogens is 332 g/mol. The van der Waals surface area contributed by atoms with Crippen molar-refractivity contribution < 1.29 is 9.47 Å². The minimum absolute atomic E-state index is 0.0947. The van der Waals surface area contributed by atoms with E-state index in [1.807, 2.05) is 12.1 Å². The Hall–Kier alpha value is -1.43. The molecule has 4 nitrogen and oxygen atoms in total. The van der Waals surface area contributed by atoms with Crippen LogP contribution in [0.2, 0.25) is 0 Å². The van der Waals surface area contributed by atoms with Crippen LogP contribution in [-0.2, 0) is 16.6 Å². The number of hydrogen-bond donors (Lipinski definition) is 0. The molecule has 1 aromatic carbocycles. The lowest BCUT2D eigenvalue weighted by Gasteiger charge is -2.32. The van der Waals surface area contributed by atoms with Crippen LogP contribution in [0.3, 0.4) is 0 Å². The Morgan fingerprint density at radius 3 is 2.68 bits per heavy atom. The van der Waals surface area contributed by atoms with Crippen molar-refractivity contribution in [2.24, 2.45) is 0 Å². The van der Waals surface area contributed by atoms with Crippen LogP contribution in [0.5, 0.6) is 5.75 Å². The molecule has 0 saturated carbocycles. The van der Waals surface area contributed by atoms with Crippen molar-refractivity contribution in [1.82, 2.24) is 9.88 Å². The third-order valence-electron chi connectivity index (χ3n) is 4.59. The monoisotopic (exact) mass is 360 g/mol. The summed E-state index contributed by atoms with van der Waals surface area (Å²) in [5, 5.41) is 3.29. The molecule has 1 aliphatic heterocycles. The first-order valence-electron chi connectivity index (χ1n) is 8.88. The zero-order chi connectivity index (χ0) is 17.9. The Labute approximate surface area is 154 Å². The van der Waals surface area contributed by atoms with Gasteiger partial charge in [0, 0.05) is 30.4 Å². The molecule has 1 fully saturated rings. The van der Waals surface area contributed by atoms with E-state index < -0.39 is 0 Å². The van der Waals surface area contributed by atoms with Gasteiger partial charge in [0.25, 0.3) is 0 Å². The van der Waals surface area contributed by atoms with Gasteiger partial charge in [-0.15, -0.1) is 11.3 Å². The van der Waals surface area contributed by atoms with Gasteiger partial charge < -0.3 is 9.47 Å². The van der Waals surface area contributed by atoms with Crippen molar-refractivity contribution in [1.29, 1.82) is 0 Å². The Balaban J connectivity index is 1.56. The summed E-state index contributed by atoms with van der Waals surface area (Å²) in [5.41, 5.74) is 2.59. The lowest BCUT2D eigenvalue weighted by molar-refractivity contribution is -0.0297. The molecule has 25 heavy (non-hydrogen) atoms. The van der Waals surface area contributed by atoms with Gasteiger partial charge in [0.05, 0.1) is 19.4 Å². The molecule has 5 heteroatoms. The molecule has 0 N–H and O–H groups in total. The molecule has 2 aromatic rings. The van der Waals surface area contributed by atoms with Crippen molar-refractivity contribution in [3.8, 4) is 5.75 Å². The fraction of sp³-hybridized carbons (Fsp3) is 0.550. The van der Waals surface area contributed by atoms with Crippen molar-refractivity contribution in [2.75, 3.05) is 33.4 Å². The number of aromatic nitrogens is 1. The maximum atomic E-state index is 5.99. The van der Waals surface area contributed by atoms with Gasteiger partial charge in [-0.05, 0) is 24.1 Å². The van der Waals surface area contributed by atoms with Gasteiger partial charge in [0.1, 0.15) is 16.9 Å². The topological polar surface area (TPSA) is 34.6 Å². The van der Waals surface area contributed by atoms with Gasteiger partial charge >= 0.3 is 0 Å². The molecule has 0 amide bonds. The van der Waals surface area contributed by atoms with E-state index >= 15 is 0 Å². The number of nitrogens with zero attached hydrogens (tertiary/aromatic N) is 2. The average molecular weight is 361 g/mol. The minimum atomic E-state index is 0.0947. The predicted octanol–water partition coefficient (Wildman–Crippen LogP) is 4.07. The lowest BCUT2D eigenvalue weighted by Crippen LogP contribution is -2.39. The number of rotatable bonds is 5. The Bertz CT molecular complexity index is 676. The molecule has 2 heterocycles. The van der Waals surface area contributed by atoms with E-state index in [-0.39, 0.29) is 11.5 Å². The summed E-state index contributed by atoms with van der Waals surface area (Å²) < 4.78 is 11.2. The number of hydrogen-bond acceptors (Lipinski definition) is 5. The first-order valence-corrected chi connectivity index (χ1v) is 9.76. The van der Waals surface area contributed by atoms with Crippen LogP contribution >= 0.6 is 11.3 Å². The van der Waals surface area contributed by atoms with E-state index in [4.69, 9.17) is 14.5 Å². The number of thiazole rings is 1. The molecule has 1 aliphatic rings. The number of ether oxygens (including phenoxy) is 2. The fourth-order valence-corrected chi connectivity index (χ4v) is 4.00. The molecule has 3 rings (SSSR count). The molecule has 1 saturated heterocycles. The molecule has 0 spiro atoms. The third-order valence-corrected chi connectivity index (χ3v) is 5.53. The summed E-state index contributed by atoms with van der Waals surface area (Å²) in [4.78, 5) is 7.31. The van der Waals surface area contributed by atoms with Crippen LogP contribution in [0.25, 0.3) is 0 Å². The SMILES string of the molecule is COc1ccc(CCN2CCO[C@H](c3nc(C(C)(C)C)cs3)C2)cc1. The molecule has 1 atom stereocenters. The number of benzene rings is 1. The van der Waals surface area contributed by atoms with Crippen LogP contribution in [-0.4, -0.2) is 43.2 Å². The van der Waals surface area contributed by atoms with Crippen LogP contribution in [0, 0.1) is 0 Å². The van der Waals surface area contributed by atoms with E-state index in [2.05, 4.69) is 43.2 Å². The van der Waals surface area contributed by atoms with Gasteiger partial charge in [-0.25, -0.2) is 4.98 Å². The summed E-state index contributed by atoms with van der Waals surface area (Å²) in [7, 11) is 1.70. The standard InChI is InChI=1S/C20H28N2O2S/c1-20(2,3)18-14-25-19(21-18)17-13-22(11-12-24-17)10-9-15-5-7-16(23-4)8-6-15/h5-8,14,17H,9-13H2,1-4H3/t17-/m0/s1. The summed E-state index contributed by atoms with van der Waals surface area (Å²) in [6.45, 7) is 10.3. The second kappa shape index (κ2) is 7.85. The Morgan fingerprint density at radius 2 is 2.04 bits per heavy atom. The molecule has 0 aliphatic carbocycles. The second-order valence-electron chi connectivity index (χ2n) is 7.58. The third kappa shape index (κ3) is 4.81. The molecule has 0 unspecified atom stereocenters. The predicted molar refractivity (Wildman–Crippen MR) is 103 cm³/mol. The quantitative estimate of drug-likeness (QED) is 0.805. The van der Waals surface area contributed by atoms with E-state index in [1.165, 1.54) is 5.56 Å². The second-order valence-corrected chi connectivity index (χ2v) is 8.47. The van der Waals surface area contributed by atoms with Gasteiger partial charge in [-0.2, -0.15) is 0 Å². The maximum Gasteiger partial charge on any atom is 0.123 e. The first kappa shape index (κ1) is 18.4. The molecule has 136 valence electrons. The van der Waals surface area contributed by atoms with E-state index in [0.29, 0.717) is 0 Å². The summed E-state index contributed by atoms with van der Waals surface area (Å²) in [6.07, 6.45) is 1.15. The highest BCUT2D eigenvalue weighted by Crippen LogP contribution is 2.30. The minimum Gasteiger partial charge on any atom is -0.497 e. The highest BCUT2D eigenvalue weighted by Gasteiger charge is 2.26. The van der Waals surface area contributed by atoms with Gasteiger partial charge in [-0.1, -0.05) is 32.9 Å². The number of morpholine rings is 1. The summed E-state index contributed by atoms with van der Waals surface area (Å²) >= 11 is 1.73. The van der Waals surface area contributed by atoms with Gasteiger partial charge in [-0.3, -0.25) is 4.90 Å². The van der Waals surface area contributed by atoms with Crippen LogP contribution < -0.4 is 4.74 Å². The maximum absolute atomic E-state index is 5.99. The van der Waals surface area contributed by atoms with E-state index in [0.717, 1.165) is 49.1 Å². The van der Waals surface area contributed by atoms with E-state index in [9.17, 15) is 0 Å². The largest absolute Gasteiger partial charge is 0.497 e. The Kier molecular flexibility index (Phi) is 5.77. The van der Waals surface area contributed by atoms with Crippen molar-refractivity contribution in [3.05, 3.63) is 45.9 Å². The number of methoxy groups -OCH3 is 1. The van der Waals surface area contributed by atoms with E-state index in [1.54, 1.807) is 18.4 Å². The van der Waals surface area contributed by atoms with Crippen LogP contribution in [0.4, 0.5) is 0 Å². The normalized spacial score (nSPS) is 19.1. The van der Waals surface area contributed by atoms with Gasteiger partial charge in [0.2, 0.25) is 0 Å². The van der Waals surface area contributed by atoms with Crippen LogP contribution in [0.1, 0.15) is 43.1 Å². The summed E-state index contributed by atoms with van der Waals surface area (Å²) in [5.74, 6) is 0.911. The molecule has 1 aromatic heterocycles. The van der Waals surface area contributed by atoms with Crippen molar-refractivity contribution in [3.63, 3.8) is 0 Å². The lowest BCUT2D eigenvalue weighted by atomic mass is 9.93. The molecule has 0 radical (unpaired) electrons. The highest BCUT2D eigenvalue weighted by molar-refractivity contribution is 7.09. The Morgan fingerprint density at radius 1 is 1.28 bits per heavy atom. The fourth-order valence-electron chi connectivity index (χ4n) is 2.91. The molecular formula is C20H28N2O2S. The average Bonchev–Trinajstić information content (AvgIpc) is 3.11.